The second kappa shape index (κ2) is 9.37. The zero-order valence-electron chi connectivity index (χ0n) is 13.1. The molecule has 1 atom stereocenters. The van der Waals surface area contributed by atoms with Gasteiger partial charge in [-0.05, 0) is 31.4 Å². The molecule has 20 heavy (non-hydrogen) atoms. The lowest BCUT2D eigenvalue weighted by Crippen LogP contribution is -2.41. The van der Waals surface area contributed by atoms with Crippen LogP contribution in [0.4, 0.5) is 0 Å². The Morgan fingerprint density at radius 2 is 1.85 bits per heavy atom. The van der Waals surface area contributed by atoms with Gasteiger partial charge in [0, 0.05) is 19.7 Å². The first-order valence-corrected chi connectivity index (χ1v) is 7.31. The van der Waals surface area contributed by atoms with E-state index in [1.54, 1.807) is 7.11 Å². The highest BCUT2D eigenvalue weighted by atomic mass is 16.5. The summed E-state index contributed by atoms with van der Waals surface area (Å²) in [5, 5.41) is 6.66. The minimum Gasteiger partial charge on any atom is -0.380 e. The Balaban J connectivity index is 2.61. The van der Waals surface area contributed by atoms with Crippen LogP contribution in [0.5, 0.6) is 0 Å². The van der Waals surface area contributed by atoms with Crippen LogP contribution in [0.1, 0.15) is 38.3 Å². The third kappa shape index (κ3) is 6.06. The van der Waals surface area contributed by atoms with E-state index < -0.39 is 0 Å². The lowest BCUT2D eigenvalue weighted by Gasteiger charge is -2.16. The van der Waals surface area contributed by atoms with Gasteiger partial charge in [-0.25, -0.2) is 4.99 Å². The van der Waals surface area contributed by atoms with E-state index in [2.05, 4.69) is 60.7 Å². The molecule has 0 saturated heterocycles. The van der Waals surface area contributed by atoms with Crippen LogP contribution in [0.3, 0.4) is 0 Å². The fraction of sp³-hybridized carbons (Fsp3) is 0.562. The Bertz CT molecular complexity index is 401. The highest BCUT2D eigenvalue weighted by molar-refractivity contribution is 5.80. The van der Waals surface area contributed by atoms with Gasteiger partial charge in [0.1, 0.15) is 0 Å². The molecule has 0 aliphatic heterocycles. The highest BCUT2D eigenvalue weighted by Crippen LogP contribution is 2.06. The molecule has 0 saturated carbocycles. The maximum atomic E-state index is 5.11. The number of ether oxygens (including phenoxy) is 1. The Labute approximate surface area is 122 Å². The average molecular weight is 277 g/mol. The van der Waals surface area contributed by atoms with Crippen LogP contribution >= 0.6 is 0 Å². The first kappa shape index (κ1) is 16.5. The van der Waals surface area contributed by atoms with Gasteiger partial charge >= 0.3 is 0 Å². The van der Waals surface area contributed by atoms with Crippen LogP contribution in [-0.2, 0) is 17.9 Å². The molecule has 0 radical (unpaired) electrons. The summed E-state index contributed by atoms with van der Waals surface area (Å²) in [4.78, 5) is 4.61. The van der Waals surface area contributed by atoms with Crippen molar-refractivity contribution in [3.8, 4) is 0 Å². The van der Waals surface area contributed by atoms with Crippen molar-refractivity contribution in [2.75, 3.05) is 13.7 Å². The molecule has 1 aromatic rings. The van der Waals surface area contributed by atoms with Crippen LogP contribution in [0.2, 0.25) is 0 Å². The molecule has 1 rings (SSSR count). The van der Waals surface area contributed by atoms with Crippen molar-refractivity contribution < 1.29 is 4.74 Å². The molecule has 4 nitrogen and oxygen atoms in total. The normalized spacial score (nSPS) is 13.1. The van der Waals surface area contributed by atoms with Crippen molar-refractivity contribution in [1.82, 2.24) is 10.6 Å². The first-order chi connectivity index (χ1) is 9.69. The van der Waals surface area contributed by atoms with E-state index >= 15 is 0 Å². The minimum atomic E-state index is 0.428. The molecule has 0 fully saturated rings. The second-order valence-electron chi connectivity index (χ2n) is 4.90. The molecule has 4 heteroatoms. The van der Waals surface area contributed by atoms with Crippen molar-refractivity contribution in [3.63, 3.8) is 0 Å². The molecule has 0 heterocycles. The summed E-state index contributed by atoms with van der Waals surface area (Å²) < 4.78 is 5.11. The number of hydrogen-bond acceptors (Lipinski definition) is 2. The van der Waals surface area contributed by atoms with E-state index in [0.29, 0.717) is 19.2 Å². The van der Waals surface area contributed by atoms with Gasteiger partial charge in [-0.3, -0.25) is 0 Å². The average Bonchev–Trinajstić information content (AvgIpc) is 2.46. The van der Waals surface area contributed by atoms with Crippen molar-refractivity contribution in [2.45, 2.75) is 46.4 Å². The topological polar surface area (TPSA) is 45.7 Å². The predicted octanol–water partition coefficient (Wildman–Crippen LogP) is 2.69. The van der Waals surface area contributed by atoms with Gasteiger partial charge in [0.2, 0.25) is 0 Å². The Kier molecular flexibility index (Phi) is 7.73. The molecule has 112 valence electrons. The summed E-state index contributed by atoms with van der Waals surface area (Å²) in [6, 6.07) is 8.80. The maximum absolute atomic E-state index is 5.11. The zero-order valence-corrected chi connectivity index (χ0v) is 13.1. The van der Waals surface area contributed by atoms with Crippen molar-refractivity contribution in [1.29, 1.82) is 0 Å². The lowest BCUT2D eigenvalue weighted by molar-refractivity contribution is 0.185. The molecular weight excluding hydrogens is 250 g/mol. The molecule has 0 amide bonds. The van der Waals surface area contributed by atoms with Gasteiger partial charge in [0.05, 0.1) is 13.2 Å². The Hall–Kier alpha value is -1.55. The quantitative estimate of drug-likeness (QED) is 0.595. The van der Waals surface area contributed by atoms with Gasteiger partial charge < -0.3 is 15.4 Å². The smallest absolute Gasteiger partial charge is 0.191 e. The van der Waals surface area contributed by atoms with Crippen LogP contribution < -0.4 is 10.6 Å². The van der Waals surface area contributed by atoms with Gasteiger partial charge in [-0.2, -0.15) is 0 Å². The van der Waals surface area contributed by atoms with Crippen LogP contribution in [-0.4, -0.2) is 25.7 Å². The number of nitrogens with one attached hydrogen (secondary N) is 2. The van der Waals surface area contributed by atoms with Gasteiger partial charge in [-0.1, -0.05) is 31.2 Å². The predicted molar refractivity (Wildman–Crippen MR) is 84.9 cm³/mol. The summed E-state index contributed by atoms with van der Waals surface area (Å²) in [6.45, 7) is 8.60. The van der Waals surface area contributed by atoms with Crippen LogP contribution in [0.15, 0.2) is 29.3 Å². The monoisotopic (exact) mass is 277 g/mol. The van der Waals surface area contributed by atoms with Crippen molar-refractivity contribution >= 4 is 5.96 Å². The SMILES string of the molecule is CCNC(=NCc1ccc(COC)cc1)NC(C)CC. The third-order valence-electron chi connectivity index (χ3n) is 3.09. The molecule has 0 aliphatic carbocycles. The molecule has 0 bridgehead atoms. The summed E-state index contributed by atoms with van der Waals surface area (Å²) >= 11 is 0. The van der Waals surface area contributed by atoms with Crippen LogP contribution in [0, 0.1) is 0 Å². The zero-order chi connectivity index (χ0) is 14.8. The van der Waals surface area contributed by atoms with E-state index in [1.165, 1.54) is 11.1 Å². The maximum Gasteiger partial charge on any atom is 0.191 e. The summed E-state index contributed by atoms with van der Waals surface area (Å²) in [7, 11) is 1.71. The summed E-state index contributed by atoms with van der Waals surface area (Å²) in [5.74, 6) is 0.878. The minimum absolute atomic E-state index is 0.428. The fourth-order valence-corrected chi connectivity index (χ4v) is 1.73. The molecule has 2 N–H and O–H groups in total. The molecule has 1 aromatic carbocycles. The molecular formula is C16H27N3O. The number of methoxy groups -OCH3 is 1. The largest absolute Gasteiger partial charge is 0.380 e. The molecule has 0 spiro atoms. The van der Waals surface area contributed by atoms with E-state index in [1.807, 2.05) is 0 Å². The number of nitrogens with zero attached hydrogens (tertiary/aromatic N) is 1. The number of guanidine groups is 1. The fourth-order valence-electron chi connectivity index (χ4n) is 1.73. The van der Waals surface area contributed by atoms with E-state index in [4.69, 9.17) is 4.74 Å². The highest BCUT2D eigenvalue weighted by Gasteiger charge is 2.02. The molecule has 0 aliphatic rings. The van der Waals surface area contributed by atoms with Gasteiger partial charge in [0.15, 0.2) is 5.96 Å². The second-order valence-corrected chi connectivity index (χ2v) is 4.90. The number of rotatable bonds is 7. The number of benzene rings is 1. The van der Waals surface area contributed by atoms with E-state index in [9.17, 15) is 0 Å². The standard InChI is InChI=1S/C16H27N3O/c1-5-13(3)19-16(17-6-2)18-11-14-7-9-15(10-8-14)12-20-4/h7-10,13H,5-6,11-12H2,1-4H3,(H2,17,18,19). The van der Waals surface area contributed by atoms with E-state index in [0.717, 1.165) is 18.9 Å². The Morgan fingerprint density at radius 3 is 2.40 bits per heavy atom. The first-order valence-electron chi connectivity index (χ1n) is 7.31. The van der Waals surface area contributed by atoms with Gasteiger partial charge in [0.25, 0.3) is 0 Å². The third-order valence-corrected chi connectivity index (χ3v) is 3.09. The van der Waals surface area contributed by atoms with Gasteiger partial charge in [-0.15, -0.1) is 0 Å². The lowest BCUT2D eigenvalue weighted by atomic mass is 10.1. The van der Waals surface area contributed by atoms with Crippen molar-refractivity contribution in [2.24, 2.45) is 4.99 Å². The molecule has 1 unspecified atom stereocenters. The number of hydrogen-bond donors (Lipinski definition) is 2. The van der Waals surface area contributed by atoms with Crippen molar-refractivity contribution in [3.05, 3.63) is 35.4 Å². The summed E-state index contributed by atoms with van der Waals surface area (Å²) in [5.41, 5.74) is 2.39. The summed E-state index contributed by atoms with van der Waals surface area (Å²) in [6.07, 6.45) is 1.08. The Morgan fingerprint density at radius 1 is 1.20 bits per heavy atom. The van der Waals surface area contributed by atoms with E-state index in [-0.39, 0.29) is 0 Å². The number of aliphatic imine (C=N–C) groups is 1. The molecule has 0 aromatic heterocycles. The van der Waals surface area contributed by atoms with Crippen LogP contribution in [0.25, 0.3) is 0 Å².